The molecule has 0 bridgehead atoms. The van der Waals surface area contributed by atoms with Crippen molar-refractivity contribution >= 4 is 10.0 Å². The van der Waals surface area contributed by atoms with Crippen LogP contribution in [-0.2, 0) is 16.6 Å². The second-order valence-electron chi connectivity index (χ2n) is 4.58. The van der Waals surface area contributed by atoms with Crippen molar-refractivity contribution in [2.24, 2.45) is 0 Å². The first-order chi connectivity index (χ1) is 9.09. The number of sulfonamides is 1. The van der Waals surface area contributed by atoms with E-state index in [0.717, 1.165) is 18.4 Å². The van der Waals surface area contributed by atoms with Crippen LogP contribution in [0.2, 0.25) is 0 Å². The van der Waals surface area contributed by atoms with E-state index in [4.69, 9.17) is 4.74 Å². The first-order valence-electron chi connectivity index (χ1n) is 6.29. The van der Waals surface area contributed by atoms with Gasteiger partial charge in [0.05, 0.1) is 12.9 Å². The molecule has 7 heteroatoms. The zero-order valence-electron chi connectivity index (χ0n) is 10.9. The molecule has 6 nitrogen and oxygen atoms in total. The molecule has 1 aromatic heterocycles. The van der Waals surface area contributed by atoms with Gasteiger partial charge < -0.3 is 10.1 Å². The van der Waals surface area contributed by atoms with Crippen molar-refractivity contribution in [1.29, 1.82) is 0 Å². The quantitative estimate of drug-likeness (QED) is 0.716. The van der Waals surface area contributed by atoms with E-state index in [1.165, 1.54) is 7.11 Å². The molecule has 0 radical (unpaired) electrons. The highest BCUT2D eigenvalue weighted by Gasteiger charge is 2.21. The van der Waals surface area contributed by atoms with E-state index >= 15 is 0 Å². The Balaban J connectivity index is 1.75. The van der Waals surface area contributed by atoms with Gasteiger partial charge in [-0.1, -0.05) is 6.07 Å². The van der Waals surface area contributed by atoms with Gasteiger partial charge in [0.2, 0.25) is 15.9 Å². The summed E-state index contributed by atoms with van der Waals surface area (Å²) in [7, 11) is -1.70. The van der Waals surface area contributed by atoms with Crippen LogP contribution in [0.5, 0.6) is 5.88 Å². The van der Waals surface area contributed by atoms with Crippen molar-refractivity contribution in [2.75, 3.05) is 19.4 Å². The number of methoxy groups -OCH3 is 1. The Bertz CT molecular complexity index is 497. The van der Waals surface area contributed by atoms with Crippen LogP contribution in [-0.4, -0.2) is 38.9 Å². The minimum absolute atomic E-state index is 0.104. The minimum Gasteiger partial charge on any atom is -0.481 e. The molecule has 19 heavy (non-hydrogen) atoms. The highest BCUT2D eigenvalue weighted by Crippen LogP contribution is 2.18. The highest BCUT2D eigenvalue weighted by molar-refractivity contribution is 7.89. The predicted molar refractivity (Wildman–Crippen MR) is 72.4 cm³/mol. The summed E-state index contributed by atoms with van der Waals surface area (Å²) in [5, 5.41) is 3.18. The molecule has 2 N–H and O–H groups in total. The molecule has 0 amide bonds. The molecule has 0 aliphatic heterocycles. The van der Waals surface area contributed by atoms with Crippen LogP contribution >= 0.6 is 0 Å². The number of pyridine rings is 1. The van der Waals surface area contributed by atoms with Gasteiger partial charge in [0.1, 0.15) is 0 Å². The maximum absolute atomic E-state index is 11.7. The van der Waals surface area contributed by atoms with Gasteiger partial charge in [-0.15, -0.1) is 0 Å². The first-order valence-corrected chi connectivity index (χ1v) is 7.94. The van der Waals surface area contributed by atoms with E-state index < -0.39 is 10.0 Å². The fraction of sp³-hybridized carbons (Fsp3) is 0.583. The summed E-state index contributed by atoms with van der Waals surface area (Å²) in [6, 6.07) is 4.02. The van der Waals surface area contributed by atoms with E-state index in [2.05, 4.69) is 15.0 Å². The summed E-state index contributed by atoms with van der Waals surface area (Å²) in [4.78, 5) is 4.02. The lowest BCUT2D eigenvalue weighted by Gasteiger charge is -2.07. The van der Waals surface area contributed by atoms with Gasteiger partial charge in [0, 0.05) is 31.4 Å². The van der Waals surface area contributed by atoms with Crippen LogP contribution in [0.1, 0.15) is 18.4 Å². The number of nitrogens with one attached hydrogen (secondary N) is 2. The SMILES string of the molecule is COc1ccc(CNS(=O)(=O)CCNC2CC2)cn1. The molecule has 1 heterocycles. The molecule has 1 fully saturated rings. The average Bonchev–Trinajstić information content (AvgIpc) is 3.21. The summed E-state index contributed by atoms with van der Waals surface area (Å²) in [5.74, 6) is 0.618. The Labute approximate surface area is 113 Å². The lowest BCUT2D eigenvalue weighted by molar-refractivity contribution is 0.397. The molecule has 1 aliphatic rings. The maximum Gasteiger partial charge on any atom is 0.213 e. The van der Waals surface area contributed by atoms with Crippen molar-refractivity contribution in [2.45, 2.75) is 25.4 Å². The Morgan fingerprint density at radius 3 is 2.79 bits per heavy atom. The van der Waals surface area contributed by atoms with Gasteiger partial charge in [0.15, 0.2) is 0 Å². The van der Waals surface area contributed by atoms with E-state index in [0.29, 0.717) is 18.5 Å². The van der Waals surface area contributed by atoms with Crippen molar-refractivity contribution in [3.8, 4) is 5.88 Å². The molecular formula is C12H19N3O3S. The van der Waals surface area contributed by atoms with Gasteiger partial charge >= 0.3 is 0 Å². The van der Waals surface area contributed by atoms with Crippen LogP contribution in [0, 0.1) is 0 Å². The average molecular weight is 285 g/mol. The first kappa shape index (κ1) is 14.2. The van der Waals surface area contributed by atoms with Crippen molar-refractivity contribution in [1.82, 2.24) is 15.0 Å². The van der Waals surface area contributed by atoms with Crippen molar-refractivity contribution in [3.05, 3.63) is 23.9 Å². The number of rotatable bonds is 8. The fourth-order valence-electron chi connectivity index (χ4n) is 1.59. The molecule has 1 aliphatic carbocycles. The van der Waals surface area contributed by atoms with E-state index in [9.17, 15) is 8.42 Å². The highest BCUT2D eigenvalue weighted by atomic mass is 32.2. The van der Waals surface area contributed by atoms with Gasteiger partial charge in [-0.25, -0.2) is 18.1 Å². The van der Waals surface area contributed by atoms with Gasteiger partial charge in [-0.3, -0.25) is 0 Å². The Kier molecular flexibility index (Phi) is 4.73. The molecular weight excluding hydrogens is 266 g/mol. The Morgan fingerprint density at radius 2 is 2.21 bits per heavy atom. The molecule has 1 aromatic rings. The summed E-state index contributed by atoms with van der Waals surface area (Å²) in [6.07, 6.45) is 3.92. The topological polar surface area (TPSA) is 80.3 Å². The number of hydrogen-bond acceptors (Lipinski definition) is 5. The molecule has 0 spiro atoms. The normalized spacial score (nSPS) is 15.4. The van der Waals surface area contributed by atoms with Gasteiger partial charge in [-0.2, -0.15) is 0 Å². The number of nitrogens with zero attached hydrogens (tertiary/aromatic N) is 1. The number of hydrogen-bond donors (Lipinski definition) is 2. The molecule has 2 rings (SSSR count). The Morgan fingerprint density at radius 1 is 1.42 bits per heavy atom. The Hall–Kier alpha value is -1.18. The van der Waals surface area contributed by atoms with E-state index in [1.54, 1.807) is 18.3 Å². The third kappa shape index (κ3) is 5.14. The zero-order valence-corrected chi connectivity index (χ0v) is 11.7. The van der Waals surface area contributed by atoms with Crippen molar-refractivity contribution in [3.63, 3.8) is 0 Å². The maximum atomic E-state index is 11.7. The summed E-state index contributed by atoms with van der Waals surface area (Å²) < 4.78 is 31.0. The van der Waals surface area contributed by atoms with Gasteiger partial charge in [-0.05, 0) is 18.4 Å². The smallest absolute Gasteiger partial charge is 0.213 e. The second-order valence-corrected chi connectivity index (χ2v) is 6.50. The molecule has 1 saturated carbocycles. The van der Waals surface area contributed by atoms with E-state index in [1.807, 2.05) is 0 Å². The zero-order chi connectivity index (χ0) is 13.7. The summed E-state index contributed by atoms with van der Waals surface area (Å²) in [5.41, 5.74) is 0.805. The lowest BCUT2D eigenvalue weighted by atomic mass is 10.3. The van der Waals surface area contributed by atoms with Crippen LogP contribution in [0.4, 0.5) is 0 Å². The second kappa shape index (κ2) is 6.31. The van der Waals surface area contributed by atoms with Crippen LogP contribution in [0.3, 0.4) is 0 Å². The fourth-order valence-corrected chi connectivity index (χ4v) is 2.50. The number of aromatic nitrogens is 1. The molecule has 0 atom stereocenters. The molecule has 0 aromatic carbocycles. The van der Waals surface area contributed by atoms with Crippen LogP contribution in [0.15, 0.2) is 18.3 Å². The van der Waals surface area contributed by atoms with Crippen molar-refractivity contribution < 1.29 is 13.2 Å². The number of ether oxygens (including phenoxy) is 1. The summed E-state index contributed by atoms with van der Waals surface area (Å²) >= 11 is 0. The third-order valence-corrected chi connectivity index (χ3v) is 4.21. The minimum atomic E-state index is -3.23. The van der Waals surface area contributed by atoms with Gasteiger partial charge in [0.25, 0.3) is 0 Å². The van der Waals surface area contributed by atoms with Crippen LogP contribution in [0.25, 0.3) is 0 Å². The summed E-state index contributed by atoms with van der Waals surface area (Å²) in [6.45, 7) is 0.754. The molecule has 0 saturated heterocycles. The monoisotopic (exact) mass is 285 g/mol. The molecule has 0 unspecified atom stereocenters. The predicted octanol–water partition coefficient (Wildman–Crippen LogP) is 0.262. The largest absolute Gasteiger partial charge is 0.481 e. The van der Waals surface area contributed by atoms with E-state index in [-0.39, 0.29) is 12.3 Å². The third-order valence-electron chi connectivity index (χ3n) is 2.88. The standard InChI is InChI=1S/C12H19N3O3S/c1-18-12-5-2-10(8-14-12)9-15-19(16,17)7-6-13-11-3-4-11/h2,5,8,11,13,15H,3-4,6-7,9H2,1H3. The van der Waals surface area contributed by atoms with Crippen LogP contribution < -0.4 is 14.8 Å². The lowest BCUT2D eigenvalue weighted by Crippen LogP contribution is -2.32. The molecule has 106 valence electrons.